The van der Waals surface area contributed by atoms with Crippen LogP contribution in [0.1, 0.15) is 65.7 Å². The van der Waals surface area contributed by atoms with Gasteiger partial charge in [0.15, 0.2) is 0 Å². The Kier molecular flexibility index (Phi) is 6.69. The quantitative estimate of drug-likeness (QED) is 0.820. The lowest BCUT2D eigenvalue weighted by atomic mass is 10.0. The second-order valence-electron chi connectivity index (χ2n) is 5.89. The van der Waals surface area contributed by atoms with Crippen molar-refractivity contribution in [2.75, 3.05) is 6.54 Å². The van der Waals surface area contributed by atoms with Gasteiger partial charge in [-0.05, 0) is 32.1 Å². The molecule has 0 radical (unpaired) electrons. The molecule has 1 saturated heterocycles. The fourth-order valence-electron chi connectivity index (χ4n) is 2.70. The van der Waals surface area contributed by atoms with Gasteiger partial charge in [-0.15, -0.1) is 0 Å². The zero-order valence-electron chi connectivity index (χ0n) is 12.2. The van der Waals surface area contributed by atoms with Crippen LogP contribution >= 0.6 is 0 Å². The molecule has 0 aliphatic carbocycles. The molecule has 0 aromatic heterocycles. The maximum atomic E-state index is 12.4. The van der Waals surface area contributed by atoms with Crippen molar-refractivity contribution >= 4 is 5.91 Å². The third-order valence-corrected chi connectivity index (χ3v) is 4.03. The van der Waals surface area contributed by atoms with Gasteiger partial charge < -0.3 is 10.0 Å². The highest BCUT2D eigenvalue weighted by molar-refractivity contribution is 5.76. The van der Waals surface area contributed by atoms with Crippen molar-refractivity contribution in [1.29, 1.82) is 0 Å². The molecule has 18 heavy (non-hydrogen) atoms. The van der Waals surface area contributed by atoms with Gasteiger partial charge in [-0.1, -0.05) is 33.1 Å². The van der Waals surface area contributed by atoms with E-state index in [0.29, 0.717) is 12.3 Å². The van der Waals surface area contributed by atoms with Crippen LogP contribution in [0.4, 0.5) is 0 Å². The Bertz CT molecular complexity index is 253. The predicted molar refractivity (Wildman–Crippen MR) is 74.3 cm³/mol. The molecule has 106 valence electrons. The highest BCUT2D eigenvalue weighted by atomic mass is 16.3. The van der Waals surface area contributed by atoms with Crippen molar-refractivity contribution in [3.8, 4) is 0 Å². The molecular formula is C15H29NO2. The van der Waals surface area contributed by atoms with Crippen LogP contribution in [0.15, 0.2) is 0 Å². The first-order chi connectivity index (χ1) is 8.54. The summed E-state index contributed by atoms with van der Waals surface area (Å²) in [6.07, 6.45) is 6.69. The van der Waals surface area contributed by atoms with Crippen LogP contribution in [0.25, 0.3) is 0 Å². The average molecular weight is 255 g/mol. The van der Waals surface area contributed by atoms with Gasteiger partial charge in [-0.3, -0.25) is 4.79 Å². The molecule has 1 aliphatic heterocycles. The summed E-state index contributed by atoms with van der Waals surface area (Å²) in [6, 6.07) is 0.254. The second-order valence-corrected chi connectivity index (χ2v) is 5.89. The zero-order chi connectivity index (χ0) is 13.5. The van der Waals surface area contributed by atoms with Crippen LogP contribution in [-0.2, 0) is 4.79 Å². The van der Waals surface area contributed by atoms with Crippen LogP contribution in [0, 0.1) is 5.92 Å². The lowest BCUT2D eigenvalue weighted by Gasteiger charge is -2.31. The van der Waals surface area contributed by atoms with Gasteiger partial charge in [-0.2, -0.15) is 0 Å². The van der Waals surface area contributed by atoms with Crippen molar-refractivity contribution in [3.05, 3.63) is 0 Å². The number of carbonyl (C=O) groups excluding carboxylic acids is 1. The Morgan fingerprint density at radius 1 is 1.33 bits per heavy atom. The molecular weight excluding hydrogens is 226 g/mol. The summed E-state index contributed by atoms with van der Waals surface area (Å²) in [4.78, 5) is 14.4. The van der Waals surface area contributed by atoms with Crippen molar-refractivity contribution in [2.24, 2.45) is 5.92 Å². The Hall–Kier alpha value is -0.570. The number of aliphatic hydroxyl groups excluding tert-OH is 1. The summed E-state index contributed by atoms with van der Waals surface area (Å²) in [5, 5.41) is 9.59. The monoisotopic (exact) mass is 255 g/mol. The van der Waals surface area contributed by atoms with Crippen LogP contribution in [-0.4, -0.2) is 34.6 Å². The first-order valence-corrected chi connectivity index (χ1v) is 7.52. The normalized spacial score (nSPS) is 24.4. The van der Waals surface area contributed by atoms with E-state index in [9.17, 15) is 9.90 Å². The van der Waals surface area contributed by atoms with E-state index in [4.69, 9.17) is 0 Å². The molecule has 3 heteroatoms. The number of amides is 1. The van der Waals surface area contributed by atoms with Crippen molar-refractivity contribution in [3.63, 3.8) is 0 Å². The van der Waals surface area contributed by atoms with E-state index in [1.807, 2.05) is 11.8 Å². The van der Waals surface area contributed by atoms with Gasteiger partial charge in [0.25, 0.3) is 0 Å². The number of aliphatic hydroxyl groups is 1. The number of likely N-dealkylation sites (tertiary alicyclic amines) is 1. The Balaban J connectivity index is 2.63. The molecule has 1 rings (SSSR count). The summed E-state index contributed by atoms with van der Waals surface area (Å²) >= 11 is 0. The topological polar surface area (TPSA) is 40.5 Å². The molecule has 0 spiro atoms. The summed E-state index contributed by atoms with van der Waals surface area (Å²) in [7, 11) is 0. The van der Waals surface area contributed by atoms with E-state index in [0.717, 1.165) is 32.2 Å². The van der Waals surface area contributed by atoms with Gasteiger partial charge >= 0.3 is 0 Å². The molecule has 3 unspecified atom stereocenters. The minimum absolute atomic E-state index is 0.254. The number of hydrogen-bond acceptors (Lipinski definition) is 2. The zero-order valence-corrected chi connectivity index (χ0v) is 12.2. The first-order valence-electron chi connectivity index (χ1n) is 7.52. The first kappa shape index (κ1) is 15.5. The van der Waals surface area contributed by atoms with Gasteiger partial charge in [0.05, 0.1) is 6.10 Å². The van der Waals surface area contributed by atoms with Gasteiger partial charge in [-0.25, -0.2) is 0 Å². The van der Waals surface area contributed by atoms with E-state index in [2.05, 4.69) is 13.8 Å². The van der Waals surface area contributed by atoms with E-state index >= 15 is 0 Å². The number of hydrogen-bond donors (Lipinski definition) is 1. The second kappa shape index (κ2) is 7.78. The third-order valence-electron chi connectivity index (χ3n) is 4.03. The lowest BCUT2D eigenvalue weighted by molar-refractivity contribution is -0.135. The van der Waals surface area contributed by atoms with Crippen LogP contribution in [0.3, 0.4) is 0 Å². The standard InChI is InChI=1S/C15H29NO2/c1-4-12(2)10-15(18)16-9-7-5-6-8-14(16)11-13(3)17/h12-14,17H,4-11H2,1-3H3. The van der Waals surface area contributed by atoms with Crippen LogP contribution in [0.5, 0.6) is 0 Å². The largest absolute Gasteiger partial charge is 0.393 e. The SMILES string of the molecule is CCC(C)CC(=O)N1CCCCCC1CC(C)O. The summed E-state index contributed by atoms with van der Waals surface area (Å²) in [6.45, 7) is 6.97. The third kappa shape index (κ3) is 4.97. The summed E-state index contributed by atoms with van der Waals surface area (Å²) in [5.41, 5.74) is 0. The molecule has 1 aliphatic rings. The Morgan fingerprint density at radius 3 is 2.67 bits per heavy atom. The van der Waals surface area contributed by atoms with E-state index < -0.39 is 0 Å². The lowest BCUT2D eigenvalue weighted by Crippen LogP contribution is -2.42. The van der Waals surface area contributed by atoms with Gasteiger partial charge in [0.2, 0.25) is 5.91 Å². The van der Waals surface area contributed by atoms with Gasteiger partial charge in [0, 0.05) is 19.0 Å². The number of carbonyl (C=O) groups is 1. The molecule has 1 heterocycles. The highest BCUT2D eigenvalue weighted by Crippen LogP contribution is 2.22. The molecule has 1 amide bonds. The molecule has 0 bridgehead atoms. The van der Waals surface area contributed by atoms with E-state index in [1.165, 1.54) is 12.8 Å². The van der Waals surface area contributed by atoms with Crippen molar-refractivity contribution < 1.29 is 9.90 Å². The summed E-state index contributed by atoms with van der Waals surface area (Å²) in [5.74, 6) is 0.754. The highest BCUT2D eigenvalue weighted by Gasteiger charge is 2.26. The van der Waals surface area contributed by atoms with E-state index in [1.54, 1.807) is 0 Å². The smallest absolute Gasteiger partial charge is 0.223 e. The fourth-order valence-corrected chi connectivity index (χ4v) is 2.70. The molecule has 1 fully saturated rings. The molecule has 3 nitrogen and oxygen atoms in total. The maximum Gasteiger partial charge on any atom is 0.223 e. The van der Waals surface area contributed by atoms with Crippen molar-refractivity contribution in [1.82, 2.24) is 4.90 Å². The summed E-state index contributed by atoms with van der Waals surface area (Å²) < 4.78 is 0. The fraction of sp³-hybridized carbons (Fsp3) is 0.933. The maximum absolute atomic E-state index is 12.4. The minimum atomic E-state index is -0.313. The Morgan fingerprint density at radius 2 is 2.06 bits per heavy atom. The Labute approximate surface area is 112 Å². The predicted octanol–water partition coefficient (Wildman–Crippen LogP) is 2.96. The number of nitrogens with zero attached hydrogens (tertiary/aromatic N) is 1. The van der Waals surface area contributed by atoms with E-state index in [-0.39, 0.29) is 18.1 Å². The van der Waals surface area contributed by atoms with Crippen molar-refractivity contribution in [2.45, 2.75) is 77.9 Å². The molecule has 0 saturated carbocycles. The molecule has 1 N–H and O–H groups in total. The van der Waals surface area contributed by atoms with Crippen LogP contribution < -0.4 is 0 Å². The van der Waals surface area contributed by atoms with Gasteiger partial charge in [0.1, 0.15) is 0 Å². The molecule has 0 aromatic rings. The molecule has 3 atom stereocenters. The average Bonchev–Trinajstić information content (AvgIpc) is 2.53. The minimum Gasteiger partial charge on any atom is -0.393 e. The number of rotatable bonds is 5. The molecule has 0 aromatic carbocycles. The van der Waals surface area contributed by atoms with Crippen LogP contribution in [0.2, 0.25) is 0 Å².